The molecule has 4 amide bonds. The topological polar surface area (TPSA) is 120 Å². The Labute approximate surface area is 272 Å². The van der Waals surface area contributed by atoms with Crippen LogP contribution in [-0.2, 0) is 22.4 Å². The van der Waals surface area contributed by atoms with E-state index in [0.29, 0.717) is 25.1 Å². The molecule has 0 aliphatic carbocycles. The van der Waals surface area contributed by atoms with Crippen LogP contribution >= 0.6 is 0 Å². The molecule has 0 radical (unpaired) electrons. The monoisotopic (exact) mass is 626 g/mol. The highest BCUT2D eigenvalue weighted by Gasteiger charge is 2.35. The molecule has 3 aromatic rings. The molecule has 4 N–H and O–H groups in total. The van der Waals surface area contributed by atoms with Crippen LogP contribution in [0, 0.1) is 19.8 Å². The number of carbonyl (C=O) groups excluding carboxylic acids is 3. The molecule has 9 nitrogen and oxygen atoms in total. The van der Waals surface area contributed by atoms with Crippen LogP contribution in [0.5, 0.6) is 5.75 Å². The van der Waals surface area contributed by atoms with Crippen molar-refractivity contribution in [2.75, 3.05) is 13.2 Å². The first-order valence-corrected chi connectivity index (χ1v) is 15.9. The summed E-state index contributed by atoms with van der Waals surface area (Å²) in [6, 6.07) is 23.0. The van der Waals surface area contributed by atoms with Crippen molar-refractivity contribution in [3.63, 3.8) is 0 Å². The molecule has 4 rings (SSSR count). The van der Waals surface area contributed by atoms with Crippen LogP contribution in [0.3, 0.4) is 0 Å². The third kappa shape index (κ3) is 9.68. The molecule has 0 saturated heterocycles. The van der Waals surface area contributed by atoms with Gasteiger partial charge in [0.05, 0.1) is 12.1 Å². The van der Waals surface area contributed by atoms with Gasteiger partial charge in [-0.2, -0.15) is 0 Å². The fourth-order valence-electron chi connectivity index (χ4n) is 5.90. The fraction of sp³-hybridized carbons (Fsp3) is 0.378. The molecule has 0 unspecified atom stereocenters. The lowest BCUT2D eigenvalue weighted by Gasteiger charge is -2.35. The van der Waals surface area contributed by atoms with E-state index in [1.807, 2.05) is 107 Å². The average molecular weight is 627 g/mol. The van der Waals surface area contributed by atoms with Gasteiger partial charge in [0.25, 0.3) is 5.91 Å². The Bertz CT molecular complexity index is 1460. The molecule has 0 aromatic heterocycles. The number of benzene rings is 3. The van der Waals surface area contributed by atoms with Crippen molar-refractivity contribution in [1.29, 1.82) is 0 Å². The number of carbonyl (C=O) groups is 3. The minimum atomic E-state index is -1.00. The zero-order chi connectivity index (χ0) is 33.1. The van der Waals surface area contributed by atoms with Gasteiger partial charge in [0.15, 0.2) is 6.61 Å². The summed E-state index contributed by atoms with van der Waals surface area (Å²) >= 11 is 0. The number of ether oxygens (including phenoxy) is 1. The number of hydrogen-bond donors (Lipinski definition) is 4. The standard InChI is InChI=1S/C37H46N4O5/c1-25(2)34(41-20-12-19-38-37(41)45)36(44)39-30(21-28-15-7-5-8-16-28)23-32(42)31(22-29-17-9-6-10-18-29)40-33(43)24-46-35-26(3)13-11-14-27(35)4/h5-19,25,30-32,34,42H,20-24H2,1-4H3,(H,38,45)(H,39,44)(H,40,43)/t30-,31-,32-,34-/m0/s1. The van der Waals surface area contributed by atoms with Crippen LogP contribution in [0.2, 0.25) is 0 Å². The van der Waals surface area contributed by atoms with Crippen LogP contribution < -0.4 is 20.7 Å². The van der Waals surface area contributed by atoms with Gasteiger partial charge >= 0.3 is 6.03 Å². The smallest absolute Gasteiger partial charge is 0.322 e. The van der Waals surface area contributed by atoms with Crippen molar-refractivity contribution in [1.82, 2.24) is 20.9 Å². The van der Waals surface area contributed by atoms with Gasteiger partial charge in [-0.3, -0.25) is 9.59 Å². The first kappa shape index (κ1) is 34.2. The second kappa shape index (κ2) is 16.6. The molecule has 244 valence electrons. The largest absolute Gasteiger partial charge is 0.483 e. The fourth-order valence-corrected chi connectivity index (χ4v) is 5.90. The quantitative estimate of drug-likeness (QED) is 0.199. The summed E-state index contributed by atoms with van der Waals surface area (Å²) in [5, 5.41) is 20.5. The molecular weight excluding hydrogens is 580 g/mol. The predicted octanol–water partition coefficient (Wildman–Crippen LogP) is 4.45. The van der Waals surface area contributed by atoms with Gasteiger partial charge in [0.1, 0.15) is 11.8 Å². The predicted molar refractivity (Wildman–Crippen MR) is 179 cm³/mol. The number of amides is 4. The molecule has 1 heterocycles. The Hall–Kier alpha value is -4.63. The van der Waals surface area contributed by atoms with Gasteiger partial charge in [-0.1, -0.05) is 92.7 Å². The van der Waals surface area contributed by atoms with Crippen LogP contribution in [0.15, 0.2) is 91.1 Å². The summed E-state index contributed by atoms with van der Waals surface area (Å²) in [6.45, 7) is 7.80. The second-order valence-electron chi connectivity index (χ2n) is 12.3. The molecule has 9 heteroatoms. The van der Waals surface area contributed by atoms with Gasteiger partial charge in [0, 0.05) is 18.8 Å². The van der Waals surface area contributed by atoms with Gasteiger partial charge in [-0.25, -0.2) is 4.79 Å². The van der Waals surface area contributed by atoms with Crippen LogP contribution in [0.25, 0.3) is 0 Å². The summed E-state index contributed by atoms with van der Waals surface area (Å²) < 4.78 is 5.90. The van der Waals surface area contributed by atoms with E-state index in [1.54, 1.807) is 12.3 Å². The van der Waals surface area contributed by atoms with E-state index in [0.717, 1.165) is 22.3 Å². The maximum atomic E-state index is 13.8. The van der Waals surface area contributed by atoms with Gasteiger partial charge in [-0.15, -0.1) is 0 Å². The number of nitrogens with zero attached hydrogens (tertiary/aromatic N) is 1. The molecule has 46 heavy (non-hydrogen) atoms. The molecule has 1 aliphatic heterocycles. The molecule has 1 aliphatic rings. The van der Waals surface area contributed by atoms with E-state index >= 15 is 0 Å². The molecule has 0 spiro atoms. The lowest BCUT2D eigenvalue weighted by molar-refractivity contribution is -0.128. The number of aryl methyl sites for hydroxylation is 2. The van der Waals surface area contributed by atoms with Crippen LogP contribution in [0.1, 0.15) is 42.5 Å². The molecular formula is C37H46N4O5. The summed E-state index contributed by atoms with van der Waals surface area (Å²) in [7, 11) is 0. The molecule has 0 bridgehead atoms. The summed E-state index contributed by atoms with van der Waals surface area (Å²) in [4.78, 5) is 41.2. The van der Waals surface area contributed by atoms with E-state index in [2.05, 4.69) is 16.0 Å². The van der Waals surface area contributed by atoms with Crippen molar-refractivity contribution >= 4 is 17.8 Å². The molecule has 4 atom stereocenters. The van der Waals surface area contributed by atoms with Crippen molar-refractivity contribution in [3.05, 3.63) is 113 Å². The van der Waals surface area contributed by atoms with E-state index < -0.39 is 24.2 Å². The summed E-state index contributed by atoms with van der Waals surface area (Å²) in [6.07, 6.45) is 3.40. The van der Waals surface area contributed by atoms with Crippen molar-refractivity contribution < 1.29 is 24.2 Å². The van der Waals surface area contributed by atoms with Gasteiger partial charge in [0.2, 0.25) is 5.91 Å². The van der Waals surface area contributed by atoms with Gasteiger partial charge < -0.3 is 30.7 Å². The highest BCUT2D eigenvalue weighted by molar-refractivity contribution is 5.88. The molecule has 0 saturated carbocycles. The van der Waals surface area contributed by atoms with Crippen molar-refractivity contribution in [2.24, 2.45) is 5.92 Å². The minimum absolute atomic E-state index is 0.151. The third-order valence-electron chi connectivity index (χ3n) is 8.19. The average Bonchev–Trinajstić information content (AvgIpc) is 3.02. The Kier molecular flexibility index (Phi) is 12.4. The molecule has 3 aromatic carbocycles. The van der Waals surface area contributed by atoms with E-state index in [9.17, 15) is 19.5 Å². The normalized spacial score (nSPS) is 15.4. The Balaban J connectivity index is 1.53. The van der Waals surface area contributed by atoms with E-state index in [4.69, 9.17) is 4.74 Å². The second-order valence-corrected chi connectivity index (χ2v) is 12.3. The number of aliphatic hydroxyl groups is 1. The number of aliphatic hydroxyl groups excluding tert-OH is 1. The van der Waals surface area contributed by atoms with Crippen molar-refractivity contribution in [3.8, 4) is 5.75 Å². The number of rotatable bonds is 15. The van der Waals surface area contributed by atoms with E-state index in [1.165, 1.54) is 4.90 Å². The highest BCUT2D eigenvalue weighted by Crippen LogP contribution is 2.22. The zero-order valence-electron chi connectivity index (χ0n) is 27.1. The lowest BCUT2D eigenvalue weighted by atomic mass is 9.92. The van der Waals surface area contributed by atoms with E-state index in [-0.39, 0.29) is 36.8 Å². The zero-order valence-corrected chi connectivity index (χ0v) is 27.1. The SMILES string of the molecule is Cc1cccc(C)c1OCC(=O)N[C@@H](Cc1ccccc1)[C@@H](O)C[C@H](Cc1ccccc1)NC(=O)[C@H](C(C)C)N1CC=CNC1=O. The van der Waals surface area contributed by atoms with Crippen molar-refractivity contribution in [2.45, 2.75) is 71.2 Å². The summed E-state index contributed by atoms with van der Waals surface area (Å²) in [5.74, 6) is -0.128. The first-order chi connectivity index (χ1) is 22.1. The number of urea groups is 1. The maximum absolute atomic E-state index is 13.8. The van der Waals surface area contributed by atoms with Crippen LogP contribution in [-0.4, -0.2) is 65.2 Å². The lowest BCUT2D eigenvalue weighted by Crippen LogP contribution is -2.58. The van der Waals surface area contributed by atoms with Crippen LogP contribution in [0.4, 0.5) is 4.79 Å². The Morgan fingerprint density at radius 3 is 2.09 bits per heavy atom. The first-order valence-electron chi connectivity index (χ1n) is 15.9. The summed E-state index contributed by atoms with van der Waals surface area (Å²) in [5.41, 5.74) is 3.82. The minimum Gasteiger partial charge on any atom is -0.483 e. The van der Waals surface area contributed by atoms with Gasteiger partial charge in [-0.05, 0) is 67.4 Å². The Morgan fingerprint density at radius 2 is 1.50 bits per heavy atom. The highest BCUT2D eigenvalue weighted by atomic mass is 16.5. The number of para-hydroxylation sites is 1. The number of hydrogen-bond acceptors (Lipinski definition) is 5. The maximum Gasteiger partial charge on any atom is 0.322 e. The third-order valence-corrected chi connectivity index (χ3v) is 8.19. The number of nitrogens with one attached hydrogen (secondary N) is 3. The molecule has 0 fully saturated rings. The Morgan fingerprint density at radius 1 is 0.891 bits per heavy atom.